The van der Waals surface area contributed by atoms with E-state index < -0.39 is 0 Å². The van der Waals surface area contributed by atoms with Crippen molar-refractivity contribution in [1.29, 1.82) is 0 Å². The molecular weight excluding hydrogens is 328 g/mol. The molecule has 5 heteroatoms. The molecule has 138 valence electrons. The average Bonchev–Trinajstić information content (AvgIpc) is 2.74. The first-order valence-electron chi connectivity index (χ1n) is 9.36. The van der Waals surface area contributed by atoms with Crippen LogP contribution in [0.2, 0.25) is 0 Å². The Morgan fingerprint density at radius 2 is 1.42 bits per heavy atom. The highest BCUT2D eigenvalue weighted by atomic mass is 16.5. The lowest BCUT2D eigenvalue weighted by Crippen LogP contribution is -2.38. The van der Waals surface area contributed by atoms with Crippen LogP contribution in [0.4, 0.5) is 11.4 Å². The molecule has 2 aromatic carbocycles. The fourth-order valence-corrected chi connectivity index (χ4v) is 3.43. The van der Waals surface area contributed by atoms with Gasteiger partial charge in [-0.25, -0.2) is 0 Å². The van der Waals surface area contributed by atoms with Crippen molar-refractivity contribution in [3.63, 3.8) is 0 Å². The maximum Gasteiger partial charge on any atom is 0.143 e. The third-order valence-corrected chi connectivity index (χ3v) is 4.91. The van der Waals surface area contributed by atoms with Gasteiger partial charge in [-0.15, -0.1) is 0 Å². The Morgan fingerprint density at radius 3 is 2.12 bits per heavy atom. The quantitative estimate of drug-likeness (QED) is 0.825. The van der Waals surface area contributed by atoms with Gasteiger partial charge in [-0.3, -0.25) is 0 Å². The van der Waals surface area contributed by atoms with Gasteiger partial charge in [0.2, 0.25) is 0 Å². The van der Waals surface area contributed by atoms with Crippen molar-refractivity contribution in [3.05, 3.63) is 54.1 Å². The van der Waals surface area contributed by atoms with Crippen LogP contribution in [0.3, 0.4) is 0 Å². The first-order chi connectivity index (χ1) is 12.9. The zero-order valence-electron chi connectivity index (χ0n) is 15.1. The Balaban J connectivity index is 1.56. The third kappa shape index (κ3) is 4.11. The fourth-order valence-electron chi connectivity index (χ4n) is 3.43. The van der Waals surface area contributed by atoms with E-state index >= 15 is 0 Å². The topological polar surface area (TPSA) is 34.2 Å². The van der Waals surface area contributed by atoms with E-state index in [0.717, 1.165) is 64.0 Å². The smallest absolute Gasteiger partial charge is 0.143 e. The summed E-state index contributed by atoms with van der Waals surface area (Å²) < 4.78 is 17.2. The summed E-state index contributed by atoms with van der Waals surface area (Å²) in [4.78, 5) is 4.75. The van der Waals surface area contributed by atoms with Crippen LogP contribution in [-0.2, 0) is 16.1 Å². The van der Waals surface area contributed by atoms with Crippen LogP contribution in [-0.4, -0.2) is 52.6 Å². The number of rotatable bonds is 5. The summed E-state index contributed by atoms with van der Waals surface area (Å²) in [6, 6.07) is 16.8. The average molecular weight is 354 g/mol. The first kappa shape index (κ1) is 17.2. The summed E-state index contributed by atoms with van der Waals surface area (Å²) in [5, 5.41) is 0. The number of ether oxygens (including phenoxy) is 3. The van der Waals surface area contributed by atoms with Crippen molar-refractivity contribution < 1.29 is 14.2 Å². The first-order valence-corrected chi connectivity index (χ1v) is 9.36. The fraction of sp³-hybridized carbons (Fsp3) is 0.429. The van der Waals surface area contributed by atoms with Crippen molar-refractivity contribution >= 4 is 11.4 Å². The highest BCUT2D eigenvalue weighted by Gasteiger charge is 2.19. The number of morpholine rings is 2. The normalized spacial score (nSPS) is 18.0. The molecule has 0 unspecified atom stereocenters. The molecule has 2 aliphatic heterocycles. The summed E-state index contributed by atoms with van der Waals surface area (Å²) in [6.07, 6.45) is 0. The second-order valence-electron chi connectivity index (χ2n) is 6.63. The number of hydrogen-bond donors (Lipinski definition) is 0. The Bertz CT molecular complexity index is 696. The maximum absolute atomic E-state index is 6.19. The molecule has 0 radical (unpaired) electrons. The lowest BCUT2D eigenvalue weighted by atomic mass is 10.2. The van der Waals surface area contributed by atoms with E-state index in [1.807, 2.05) is 18.2 Å². The largest absolute Gasteiger partial charge is 0.487 e. The highest BCUT2D eigenvalue weighted by Crippen LogP contribution is 2.34. The van der Waals surface area contributed by atoms with E-state index in [1.165, 1.54) is 11.3 Å². The van der Waals surface area contributed by atoms with Gasteiger partial charge in [-0.1, -0.05) is 30.3 Å². The maximum atomic E-state index is 6.19. The van der Waals surface area contributed by atoms with Gasteiger partial charge in [0.05, 0.1) is 32.1 Å². The molecule has 0 spiro atoms. The predicted octanol–water partition coefficient (Wildman–Crippen LogP) is 2.94. The summed E-state index contributed by atoms with van der Waals surface area (Å²) >= 11 is 0. The predicted molar refractivity (Wildman–Crippen MR) is 103 cm³/mol. The van der Waals surface area contributed by atoms with Gasteiger partial charge < -0.3 is 24.0 Å². The van der Waals surface area contributed by atoms with E-state index in [4.69, 9.17) is 14.2 Å². The van der Waals surface area contributed by atoms with E-state index in [2.05, 4.69) is 40.1 Å². The lowest BCUT2D eigenvalue weighted by molar-refractivity contribution is 0.122. The van der Waals surface area contributed by atoms with E-state index in [0.29, 0.717) is 6.61 Å². The molecule has 0 saturated carbocycles. The van der Waals surface area contributed by atoms with Gasteiger partial charge in [0.25, 0.3) is 0 Å². The summed E-state index contributed by atoms with van der Waals surface area (Å²) in [5.74, 6) is 0.938. The molecule has 0 bridgehead atoms. The molecule has 2 aromatic rings. The summed E-state index contributed by atoms with van der Waals surface area (Å²) in [5.41, 5.74) is 3.58. The van der Waals surface area contributed by atoms with Crippen molar-refractivity contribution in [2.45, 2.75) is 6.61 Å². The number of hydrogen-bond acceptors (Lipinski definition) is 5. The Hall–Kier alpha value is -2.24. The molecule has 26 heavy (non-hydrogen) atoms. The molecule has 5 nitrogen and oxygen atoms in total. The van der Waals surface area contributed by atoms with E-state index in [9.17, 15) is 0 Å². The minimum absolute atomic E-state index is 0.578. The second kappa shape index (κ2) is 8.43. The Kier molecular flexibility index (Phi) is 5.57. The monoisotopic (exact) mass is 354 g/mol. The minimum atomic E-state index is 0.578. The van der Waals surface area contributed by atoms with Gasteiger partial charge in [-0.2, -0.15) is 0 Å². The summed E-state index contributed by atoms with van der Waals surface area (Å²) in [7, 11) is 0. The van der Waals surface area contributed by atoms with Crippen LogP contribution in [0.1, 0.15) is 5.56 Å². The lowest BCUT2D eigenvalue weighted by Gasteiger charge is -2.33. The Morgan fingerprint density at radius 1 is 0.769 bits per heavy atom. The molecule has 0 N–H and O–H groups in total. The van der Waals surface area contributed by atoms with Crippen molar-refractivity contribution in [2.24, 2.45) is 0 Å². The van der Waals surface area contributed by atoms with Crippen LogP contribution in [0.15, 0.2) is 48.5 Å². The van der Waals surface area contributed by atoms with Crippen LogP contribution >= 0.6 is 0 Å². The molecule has 2 aliphatic rings. The van der Waals surface area contributed by atoms with Crippen LogP contribution < -0.4 is 14.5 Å². The van der Waals surface area contributed by atoms with Gasteiger partial charge >= 0.3 is 0 Å². The minimum Gasteiger partial charge on any atom is -0.487 e. The second-order valence-corrected chi connectivity index (χ2v) is 6.63. The number of nitrogens with zero attached hydrogens (tertiary/aromatic N) is 2. The number of anilines is 2. The van der Waals surface area contributed by atoms with Gasteiger partial charge in [0, 0.05) is 31.9 Å². The van der Waals surface area contributed by atoms with Crippen molar-refractivity contribution in [2.75, 3.05) is 62.4 Å². The zero-order valence-corrected chi connectivity index (χ0v) is 15.1. The standard InChI is InChI=1S/C21H26N2O3/c1-2-4-18(5-3-1)17-26-21-7-6-19(22-8-12-24-13-9-22)16-20(21)23-10-14-25-15-11-23/h1-7,16H,8-15,17H2. The van der Waals surface area contributed by atoms with Gasteiger partial charge in [0.1, 0.15) is 12.4 Å². The molecule has 4 rings (SSSR count). The number of benzene rings is 2. The van der Waals surface area contributed by atoms with Crippen molar-refractivity contribution in [3.8, 4) is 5.75 Å². The SMILES string of the molecule is c1ccc(COc2ccc(N3CCOCC3)cc2N2CCOCC2)cc1. The molecule has 2 saturated heterocycles. The Labute approximate surface area is 155 Å². The van der Waals surface area contributed by atoms with Crippen LogP contribution in [0.5, 0.6) is 5.75 Å². The van der Waals surface area contributed by atoms with Crippen LogP contribution in [0.25, 0.3) is 0 Å². The third-order valence-electron chi connectivity index (χ3n) is 4.91. The molecule has 0 aromatic heterocycles. The highest BCUT2D eigenvalue weighted by molar-refractivity contribution is 5.67. The molecule has 0 aliphatic carbocycles. The molecule has 2 fully saturated rings. The zero-order chi connectivity index (χ0) is 17.6. The van der Waals surface area contributed by atoms with E-state index in [1.54, 1.807) is 0 Å². The molecule has 2 heterocycles. The van der Waals surface area contributed by atoms with Gasteiger partial charge in [-0.05, 0) is 23.8 Å². The van der Waals surface area contributed by atoms with E-state index in [-0.39, 0.29) is 0 Å². The van der Waals surface area contributed by atoms with Crippen molar-refractivity contribution in [1.82, 2.24) is 0 Å². The van der Waals surface area contributed by atoms with Crippen LogP contribution in [0, 0.1) is 0 Å². The molecule has 0 atom stereocenters. The van der Waals surface area contributed by atoms with Gasteiger partial charge in [0.15, 0.2) is 0 Å². The molecular formula is C21H26N2O3. The summed E-state index contributed by atoms with van der Waals surface area (Å²) in [6.45, 7) is 7.36. The molecule has 0 amide bonds.